The molecule has 254 valence electrons. The minimum Gasteiger partial charge on any atom is -0.383 e. The van der Waals surface area contributed by atoms with Gasteiger partial charge in [0.1, 0.15) is 12.5 Å². The summed E-state index contributed by atoms with van der Waals surface area (Å²) in [7, 11) is -1.42. The van der Waals surface area contributed by atoms with Crippen molar-refractivity contribution in [2.45, 2.75) is 64.0 Å². The van der Waals surface area contributed by atoms with Crippen LogP contribution in [0.2, 0.25) is 25.7 Å². The van der Waals surface area contributed by atoms with E-state index in [-0.39, 0.29) is 31.3 Å². The Morgan fingerprint density at radius 1 is 0.870 bits per heavy atom. The number of hydrogen-bond acceptors (Lipinski definition) is 7. The van der Waals surface area contributed by atoms with Crippen molar-refractivity contribution in [2.75, 3.05) is 74.1 Å². The lowest BCUT2D eigenvalue weighted by Crippen LogP contribution is -2.48. The lowest BCUT2D eigenvalue weighted by atomic mass is 10.1. The molecule has 0 aliphatic carbocycles. The molecule has 0 atom stereocenters. The molecule has 3 aromatic rings. The third kappa shape index (κ3) is 8.45. The van der Waals surface area contributed by atoms with Gasteiger partial charge < -0.3 is 24.8 Å². The highest BCUT2D eigenvalue weighted by atomic mass is 28.3. The maximum atomic E-state index is 14.4. The van der Waals surface area contributed by atoms with Crippen molar-refractivity contribution in [3.05, 3.63) is 41.6 Å². The fourth-order valence-electron chi connectivity index (χ4n) is 5.96. The second-order valence-electron chi connectivity index (χ2n) is 13.2. The van der Waals surface area contributed by atoms with E-state index in [1.54, 1.807) is 9.47 Å². The number of anilines is 3. The molecule has 0 bridgehead atoms. The van der Waals surface area contributed by atoms with Gasteiger partial charge in [0, 0.05) is 65.8 Å². The molecule has 4 heterocycles. The summed E-state index contributed by atoms with van der Waals surface area (Å²) in [5.74, 6) is 0.297. The molecule has 2 saturated heterocycles. The number of nitrogens with zero attached hydrogens (tertiary/aromatic N) is 6. The smallest absolute Gasteiger partial charge is 0.383 e. The van der Waals surface area contributed by atoms with Crippen molar-refractivity contribution in [1.29, 1.82) is 0 Å². The number of halogens is 6. The first-order valence-electron chi connectivity index (χ1n) is 15.9. The van der Waals surface area contributed by atoms with E-state index in [0.29, 0.717) is 49.8 Å². The zero-order chi connectivity index (χ0) is 33.1. The number of nitrogens with one attached hydrogen (secondary N) is 1. The quantitative estimate of drug-likeness (QED) is 0.134. The Hall–Kier alpha value is -3.04. The van der Waals surface area contributed by atoms with Crippen molar-refractivity contribution in [1.82, 2.24) is 19.4 Å². The van der Waals surface area contributed by atoms with E-state index >= 15 is 0 Å². The number of ether oxygens (including phenoxy) is 1. The van der Waals surface area contributed by atoms with Crippen molar-refractivity contribution in [2.24, 2.45) is 0 Å². The van der Waals surface area contributed by atoms with Gasteiger partial charge in [0.15, 0.2) is 0 Å². The van der Waals surface area contributed by atoms with Gasteiger partial charge in [-0.25, -0.2) is 9.97 Å². The molecule has 2 fully saturated rings. The minimum atomic E-state index is -4.60. The Bertz CT molecular complexity index is 1460. The molecular weight excluding hydrogens is 628 g/mol. The summed E-state index contributed by atoms with van der Waals surface area (Å²) in [5, 5.41) is 3.02. The third-order valence-electron chi connectivity index (χ3n) is 8.54. The zero-order valence-corrected chi connectivity index (χ0v) is 27.6. The third-order valence-corrected chi connectivity index (χ3v) is 10.2. The molecule has 1 aromatic carbocycles. The molecule has 8 nitrogen and oxygen atoms in total. The van der Waals surface area contributed by atoms with Crippen LogP contribution in [0.3, 0.4) is 0 Å². The van der Waals surface area contributed by atoms with Crippen LogP contribution in [-0.2, 0) is 23.8 Å². The van der Waals surface area contributed by atoms with Crippen LogP contribution in [0.25, 0.3) is 11.0 Å². The van der Waals surface area contributed by atoms with Crippen molar-refractivity contribution in [3.63, 3.8) is 0 Å². The highest BCUT2D eigenvalue weighted by Gasteiger charge is 2.37. The number of imidazole rings is 1. The summed E-state index contributed by atoms with van der Waals surface area (Å²) in [6, 6.07) is 5.76. The van der Waals surface area contributed by atoms with Crippen molar-refractivity contribution >= 4 is 36.6 Å². The van der Waals surface area contributed by atoms with Gasteiger partial charge in [-0.1, -0.05) is 26.1 Å². The summed E-state index contributed by atoms with van der Waals surface area (Å²) < 4.78 is 91.9. The lowest BCUT2D eigenvalue weighted by Gasteiger charge is -2.37. The Labute approximate surface area is 266 Å². The molecule has 0 saturated carbocycles. The highest BCUT2D eigenvalue weighted by Crippen LogP contribution is 2.39. The van der Waals surface area contributed by atoms with Crippen molar-refractivity contribution in [3.8, 4) is 0 Å². The maximum absolute atomic E-state index is 14.4. The number of aromatic nitrogens is 3. The second-order valence-corrected chi connectivity index (χ2v) is 18.9. The van der Waals surface area contributed by atoms with E-state index in [0.717, 1.165) is 44.1 Å². The number of hydrogen-bond donors (Lipinski definition) is 1. The van der Waals surface area contributed by atoms with E-state index in [1.165, 1.54) is 24.8 Å². The molecule has 5 rings (SSSR count). The molecular formula is C31H43F6N7OSi. The maximum Gasteiger partial charge on any atom is 0.419 e. The van der Waals surface area contributed by atoms with Gasteiger partial charge in [-0.15, -0.1) is 0 Å². The van der Waals surface area contributed by atoms with E-state index < -0.39 is 31.6 Å². The van der Waals surface area contributed by atoms with Crippen LogP contribution in [0.5, 0.6) is 0 Å². The number of pyridine rings is 1. The van der Waals surface area contributed by atoms with E-state index in [2.05, 4.69) is 34.8 Å². The van der Waals surface area contributed by atoms with E-state index in [9.17, 15) is 26.3 Å². The molecule has 0 spiro atoms. The fraction of sp³-hybridized carbons (Fsp3) is 0.613. The Balaban J connectivity index is 1.42. The lowest BCUT2D eigenvalue weighted by molar-refractivity contribution is -0.138. The van der Waals surface area contributed by atoms with Crippen LogP contribution in [0.15, 0.2) is 30.5 Å². The fourth-order valence-corrected chi connectivity index (χ4v) is 6.72. The predicted octanol–water partition coefficient (Wildman–Crippen LogP) is 7.01. The Morgan fingerprint density at radius 2 is 1.54 bits per heavy atom. The molecule has 0 unspecified atom stereocenters. The van der Waals surface area contributed by atoms with E-state index in [4.69, 9.17) is 9.72 Å². The van der Waals surface area contributed by atoms with Gasteiger partial charge in [-0.3, -0.25) is 4.57 Å². The molecule has 2 aromatic heterocycles. The number of piperidine rings is 1. The van der Waals surface area contributed by atoms with Crippen LogP contribution in [0.1, 0.15) is 30.4 Å². The summed E-state index contributed by atoms with van der Waals surface area (Å²) in [5.41, 5.74) is -0.903. The first-order chi connectivity index (χ1) is 21.7. The SMILES string of the molecule is C[Si](C)(C)CCOCn1c(N2CCN(c3ncccc3C(F)(F)F)CC2)nc2cc(NCCN3CCCCC3)c(C(F)(F)F)cc21. The highest BCUT2D eigenvalue weighted by molar-refractivity contribution is 6.76. The first kappa shape index (κ1) is 34.3. The number of fused-ring (bicyclic) bond motifs is 1. The van der Waals surface area contributed by atoms with E-state index in [1.807, 2.05) is 4.90 Å². The number of alkyl halides is 6. The summed E-state index contributed by atoms with van der Waals surface area (Å²) in [6.07, 6.45) is -4.43. The average molecular weight is 672 g/mol. The van der Waals surface area contributed by atoms with Gasteiger partial charge in [0.05, 0.1) is 22.2 Å². The predicted molar refractivity (Wildman–Crippen MR) is 171 cm³/mol. The standard InChI is InChI=1S/C31H43F6N7OSi/c1-46(2,3)19-18-45-22-44-27-20-24(31(35,36)37)25(38-10-13-41-11-5-4-6-12-41)21-26(27)40-29(44)43-16-14-42(15-17-43)28-23(30(32,33)34)8-7-9-39-28/h7-9,20-21,38H,4-6,10-19,22H2,1-3H3. The summed E-state index contributed by atoms with van der Waals surface area (Å²) in [4.78, 5) is 14.5. The Kier molecular flexibility index (Phi) is 10.4. The first-order valence-corrected chi connectivity index (χ1v) is 19.6. The number of piperazine rings is 1. The summed E-state index contributed by atoms with van der Waals surface area (Å²) >= 11 is 0. The largest absolute Gasteiger partial charge is 0.419 e. The second kappa shape index (κ2) is 14.0. The Morgan fingerprint density at radius 3 is 2.20 bits per heavy atom. The van der Waals surface area contributed by atoms with Crippen LogP contribution >= 0.6 is 0 Å². The van der Waals surface area contributed by atoms with Gasteiger partial charge in [-0.05, 0) is 56.2 Å². The monoisotopic (exact) mass is 671 g/mol. The van der Waals surface area contributed by atoms with Crippen LogP contribution in [0, 0.1) is 0 Å². The number of likely N-dealkylation sites (tertiary alicyclic amines) is 1. The molecule has 2 aliphatic heterocycles. The van der Waals surface area contributed by atoms with Gasteiger partial charge in [-0.2, -0.15) is 26.3 Å². The topological polar surface area (TPSA) is 61.7 Å². The number of benzene rings is 1. The number of rotatable bonds is 11. The normalized spacial score (nSPS) is 17.2. The minimum absolute atomic E-state index is 0.00796. The molecule has 46 heavy (non-hydrogen) atoms. The zero-order valence-electron chi connectivity index (χ0n) is 26.6. The molecule has 2 aliphatic rings. The average Bonchev–Trinajstić information content (AvgIpc) is 3.35. The molecule has 0 amide bonds. The van der Waals surface area contributed by atoms with Crippen molar-refractivity contribution < 1.29 is 31.1 Å². The van der Waals surface area contributed by atoms with Crippen LogP contribution < -0.4 is 15.1 Å². The summed E-state index contributed by atoms with van der Waals surface area (Å²) in [6.45, 7) is 11.1. The molecule has 1 N–H and O–H groups in total. The van der Waals surface area contributed by atoms with Crippen LogP contribution in [-0.4, -0.2) is 86.5 Å². The van der Waals surface area contributed by atoms with Gasteiger partial charge in [0.25, 0.3) is 0 Å². The molecule has 0 radical (unpaired) electrons. The van der Waals surface area contributed by atoms with Crippen LogP contribution in [0.4, 0.5) is 43.8 Å². The van der Waals surface area contributed by atoms with Gasteiger partial charge in [0.2, 0.25) is 5.95 Å². The molecule has 15 heteroatoms. The van der Waals surface area contributed by atoms with Gasteiger partial charge >= 0.3 is 12.4 Å².